The molecule has 1 N–H and O–H groups in total. The molecule has 0 aliphatic carbocycles. The van der Waals surface area contributed by atoms with Gasteiger partial charge in [0.25, 0.3) is 0 Å². The van der Waals surface area contributed by atoms with E-state index in [1.165, 1.54) is 0 Å². The van der Waals surface area contributed by atoms with Gasteiger partial charge in [0.05, 0.1) is 0 Å². The van der Waals surface area contributed by atoms with Crippen LogP contribution in [0.1, 0.15) is 36.5 Å². The number of hydrogen-bond donors (Lipinski definition) is 1. The molecule has 2 nitrogen and oxygen atoms in total. The van der Waals surface area contributed by atoms with Gasteiger partial charge in [-0.1, -0.05) is 43.7 Å². The normalized spacial score (nSPS) is 24.6. The fourth-order valence-corrected chi connectivity index (χ4v) is 2.64. The zero-order chi connectivity index (χ0) is 11.4. The minimum atomic E-state index is -0.143. The molecule has 2 heteroatoms. The number of nitrogens with one attached hydrogen (secondary N) is 1. The van der Waals surface area contributed by atoms with E-state index < -0.39 is 0 Å². The van der Waals surface area contributed by atoms with Gasteiger partial charge in [0.15, 0.2) is 5.78 Å². The standard InChI is InChI=1S/C14H19NO/c1-2-8-14(9-10-15-11-14)13(16)12-6-4-3-5-7-12/h3-7,15H,2,8-11H2,1H3. The van der Waals surface area contributed by atoms with E-state index in [1.807, 2.05) is 30.3 Å². The van der Waals surface area contributed by atoms with Gasteiger partial charge in [-0.25, -0.2) is 0 Å². The van der Waals surface area contributed by atoms with Crippen LogP contribution in [0.2, 0.25) is 0 Å². The van der Waals surface area contributed by atoms with Crippen LogP contribution in [0.5, 0.6) is 0 Å². The van der Waals surface area contributed by atoms with E-state index in [4.69, 9.17) is 0 Å². The Hall–Kier alpha value is -1.15. The molecule has 16 heavy (non-hydrogen) atoms. The van der Waals surface area contributed by atoms with Gasteiger partial charge < -0.3 is 5.32 Å². The van der Waals surface area contributed by atoms with E-state index in [1.54, 1.807) is 0 Å². The monoisotopic (exact) mass is 217 g/mol. The van der Waals surface area contributed by atoms with Gasteiger partial charge >= 0.3 is 0 Å². The average molecular weight is 217 g/mol. The minimum absolute atomic E-state index is 0.143. The highest BCUT2D eigenvalue weighted by Crippen LogP contribution is 2.34. The van der Waals surface area contributed by atoms with Crippen LogP contribution in [0.25, 0.3) is 0 Å². The first-order chi connectivity index (χ1) is 7.78. The van der Waals surface area contributed by atoms with Crippen molar-refractivity contribution in [1.29, 1.82) is 0 Å². The predicted molar refractivity (Wildman–Crippen MR) is 65.6 cm³/mol. The van der Waals surface area contributed by atoms with Crippen molar-refractivity contribution in [3.05, 3.63) is 35.9 Å². The summed E-state index contributed by atoms with van der Waals surface area (Å²) in [5, 5.41) is 3.33. The largest absolute Gasteiger partial charge is 0.316 e. The molecule has 0 saturated carbocycles. The Bertz CT molecular complexity index is 352. The van der Waals surface area contributed by atoms with Gasteiger partial charge in [0, 0.05) is 17.5 Å². The summed E-state index contributed by atoms with van der Waals surface area (Å²) in [5.41, 5.74) is 0.718. The van der Waals surface area contributed by atoms with E-state index in [-0.39, 0.29) is 5.41 Å². The molecule has 1 atom stereocenters. The van der Waals surface area contributed by atoms with Crippen LogP contribution in [0.4, 0.5) is 0 Å². The smallest absolute Gasteiger partial charge is 0.170 e. The maximum Gasteiger partial charge on any atom is 0.170 e. The molecule has 0 amide bonds. The summed E-state index contributed by atoms with van der Waals surface area (Å²) in [6, 6.07) is 9.69. The number of hydrogen-bond acceptors (Lipinski definition) is 2. The molecular formula is C14H19NO. The highest BCUT2D eigenvalue weighted by Gasteiger charge is 2.40. The Balaban J connectivity index is 2.24. The molecule has 1 aromatic carbocycles. The maximum atomic E-state index is 12.5. The molecule has 0 radical (unpaired) electrons. The fraction of sp³-hybridized carbons (Fsp3) is 0.500. The predicted octanol–water partition coefficient (Wildman–Crippen LogP) is 2.65. The summed E-state index contributed by atoms with van der Waals surface area (Å²) in [4.78, 5) is 12.5. The quantitative estimate of drug-likeness (QED) is 0.786. The van der Waals surface area contributed by atoms with E-state index >= 15 is 0 Å². The van der Waals surface area contributed by atoms with Crippen molar-refractivity contribution < 1.29 is 4.79 Å². The Morgan fingerprint density at radius 1 is 1.38 bits per heavy atom. The summed E-state index contributed by atoms with van der Waals surface area (Å²) in [7, 11) is 0. The van der Waals surface area contributed by atoms with Crippen LogP contribution in [-0.2, 0) is 0 Å². The summed E-state index contributed by atoms with van der Waals surface area (Å²) < 4.78 is 0. The summed E-state index contributed by atoms with van der Waals surface area (Å²) in [6.45, 7) is 3.96. The Morgan fingerprint density at radius 3 is 2.69 bits per heavy atom. The first-order valence-electron chi connectivity index (χ1n) is 6.09. The van der Waals surface area contributed by atoms with Crippen molar-refractivity contribution in [3.8, 4) is 0 Å². The van der Waals surface area contributed by atoms with Crippen molar-refractivity contribution >= 4 is 5.78 Å². The highest BCUT2D eigenvalue weighted by atomic mass is 16.1. The Labute approximate surface area is 97.1 Å². The number of ketones is 1. The van der Waals surface area contributed by atoms with E-state index in [0.717, 1.165) is 37.9 Å². The van der Waals surface area contributed by atoms with Gasteiger partial charge in [0.1, 0.15) is 0 Å². The molecule has 1 heterocycles. The summed E-state index contributed by atoms with van der Waals surface area (Å²) in [6.07, 6.45) is 3.04. The fourth-order valence-electron chi connectivity index (χ4n) is 2.64. The molecule has 0 bridgehead atoms. The summed E-state index contributed by atoms with van der Waals surface area (Å²) in [5.74, 6) is 0.319. The van der Waals surface area contributed by atoms with E-state index in [0.29, 0.717) is 5.78 Å². The van der Waals surface area contributed by atoms with Crippen LogP contribution in [0.15, 0.2) is 30.3 Å². The molecule has 2 rings (SSSR count). The van der Waals surface area contributed by atoms with Gasteiger partial charge in [-0.15, -0.1) is 0 Å². The number of carbonyl (C=O) groups is 1. The lowest BCUT2D eigenvalue weighted by molar-refractivity contribution is 0.0802. The number of benzene rings is 1. The van der Waals surface area contributed by atoms with E-state index in [2.05, 4.69) is 12.2 Å². The van der Waals surface area contributed by atoms with Crippen LogP contribution >= 0.6 is 0 Å². The molecule has 1 saturated heterocycles. The number of rotatable bonds is 4. The zero-order valence-corrected chi connectivity index (χ0v) is 9.83. The highest BCUT2D eigenvalue weighted by molar-refractivity contribution is 6.00. The first-order valence-corrected chi connectivity index (χ1v) is 6.09. The third kappa shape index (κ3) is 2.03. The molecule has 1 fully saturated rings. The lowest BCUT2D eigenvalue weighted by Crippen LogP contribution is -2.33. The van der Waals surface area contributed by atoms with Crippen molar-refractivity contribution in [1.82, 2.24) is 5.32 Å². The second kappa shape index (κ2) is 4.79. The lowest BCUT2D eigenvalue weighted by Gasteiger charge is -2.26. The topological polar surface area (TPSA) is 29.1 Å². The Kier molecular flexibility index (Phi) is 3.39. The van der Waals surface area contributed by atoms with Crippen molar-refractivity contribution in [3.63, 3.8) is 0 Å². The Morgan fingerprint density at radius 2 is 2.12 bits per heavy atom. The molecule has 1 aliphatic rings. The van der Waals surface area contributed by atoms with Crippen LogP contribution in [-0.4, -0.2) is 18.9 Å². The maximum absolute atomic E-state index is 12.5. The van der Waals surface area contributed by atoms with Crippen LogP contribution in [0, 0.1) is 5.41 Å². The molecule has 0 aromatic heterocycles. The van der Waals surface area contributed by atoms with Crippen molar-refractivity contribution in [2.24, 2.45) is 5.41 Å². The van der Waals surface area contributed by atoms with Gasteiger partial charge in [0.2, 0.25) is 0 Å². The average Bonchev–Trinajstić information content (AvgIpc) is 2.80. The second-order valence-electron chi connectivity index (χ2n) is 4.65. The van der Waals surface area contributed by atoms with Crippen molar-refractivity contribution in [2.75, 3.05) is 13.1 Å². The SMILES string of the molecule is CCCC1(C(=O)c2ccccc2)CCNC1. The molecular weight excluding hydrogens is 198 g/mol. The molecule has 86 valence electrons. The molecule has 1 aliphatic heterocycles. The molecule has 1 unspecified atom stereocenters. The van der Waals surface area contributed by atoms with E-state index in [9.17, 15) is 4.79 Å². The zero-order valence-electron chi connectivity index (χ0n) is 9.83. The van der Waals surface area contributed by atoms with Gasteiger partial charge in [-0.2, -0.15) is 0 Å². The van der Waals surface area contributed by atoms with Crippen LogP contribution < -0.4 is 5.32 Å². The lowest BCUT2D eigenvalue weighted by atomic mass is 9.76. The van der Waals surface area contributed by atoms with Crippen LogP contribution in [0.3, 0.4) is 0 Å². The minimum Gasteiger partial charge on any atom is -0.316 e. The third-order valence-electron chi connectivity index (χ3n) is 3.49. The molecule has 0 spiro atoms. The number of carbonyl (C=O) groups excluding carboxylic acids is 1. The molecule has 1 aromatic rings. The summed E-state index contributed by atoms with van der Waals surface area (Å²) >= 11 is 0. The third-order valence-corrected chi connectivity index (χ3v) is 3.49. The van der Waals surface area contributed by atoms with Crippen molar-refractivity contribution in [2.45, 2.75) is 26.2 Å². The second-order valence-corrected chi connectivity index (χ2v) is 4.65. The van der Waals surface area contributed by atoms with Gasteiger partial charge in [-0.05, 0) is 19.4 Å². The number of Topliss-reactive ketones (excluding diaryl/α,β-unsaturated/α-hetero) is 1. The van der Waals surface area contributed by atoms with Gasteiger partial charge in [-0.3, -0.25) is 4.79 Å². The first kappa shape index (κ1) is 11.3.